The summed E-state index contributed by atoms with van der Waals surface area (Å²) >= 11 is 0. The average Bonchev–Trinajstić information content (AvgIpc) is 3.24. The van der Waals surface area contributed by atoms with Gasteiger partial charge in [0.15, 0.2) is 0 Å². The third-order valence-electron chi connectivity index (χ3n) is 3.67. The third-order valence-corrected chi connectivity index (χ3v) is 3.67. The first-order chi connectivity index (χ1) is 10.5. The van der Waals surface area contributed by atoms with Gasteiger partial charge in [-0.15, -0.1) is 0 Å². The fourth-order valence-electron chi connectivity index (χ4n) is 2.04. The van der Waals surface area contributed by atoms with Crippen molar-refractivity contribution in [3.8, 4) is 0 Å². The predicted molar refractivity (Wildman–Crippen MR) is 88.1 cm³/mol. The molecule has 0 heterocycles. The third kappa shape index (κ3) is 5.06. The van der Waals surface area contributed by atoms with Gasteiger partial charge in [-0.3, -0.25) is 4.79 Å². The molecule has 5 nitrogen and oxygen atoms in total. The molecular formula is C17H25N3O2. The van der Waals surface area contributed by atoms with E-state index in [1.54, 1.807) is 12.1 Å². The highest BCUT2D eigenvalue weighted by molar-refractivity contribution is 5.97. The van der Waals surface area contributed by atoms with Crippen molar-refractivity contribution in [2.45, 2.75) is 46.1 Å². The Bertz CT molecular complexity index is 551. The van der Waals surface area contributed by atoms with Crippen LogP contribution in [-0.4, -0.2) is 24.5 Å². The molecule has 1 aliphatic carbocycles. The molecule has 1 aromatic rings. The maximum absolute atomic E-state index is 12.1. The van der Waals surface area contributed by atoms with Crippen molar-refractivity contribution in [2.75, 3.05) is 11.9 Å². The van der Waals surface area contributed by atoms with E-state index in [0.717, 1.165) is 24.8 Å². The lowest BCUT2D eigenvalue weighted by molar-refractivity contribution is 0.0951. The van der Waals surface area contributed by atoms with Crippen LogP contribution in [0.5, 0.6) is 0 Å². The Kier molecular flexibility index (Phi) is 5.41. The number of hydrogen-bond donors (Lipinski definition) is 3. The zero-order chi connectivity index (χ0) is 16.1. The van der Waals surface area contributed by atoms with Crippen LogP contribution in [0.2, 0.25) is 0 Å². The molecule has 0 saturated heterocycles. The Morgan fingerprint density at radius 3 is 2.64 bits per heavy atom. The predicted octanol–water partition coefficient (Wildman–Crippen LogP) is 3.05. The van der Waals surface area contributed by atoms with Crippen molar-refractivity contribution in [3.05, 3.63) is 29.3 Å². The summed E-state index contributed by atoms with van der Waals surface area (Å²) in [6, 6.07) is 5.46. The minimum atomic E-state index is -0.233. The Morgan fingerprint density at radius 2 is 2.00 bits per heavy atom. The lowest BCUT2D eigenvalue weighted by atomic mass is 10.1. The molecule has 0 aliphatic heterocycles. The van der Waals surface area contributed by atoms with E-state index in [2.05, 4.69) is 29.8 Å². The lowest BCUT2D eigenvalue weighted by Gasteiger charge is -2.12. The van der Waals surface area contributed by atoms with E-state index in [1.165, 1.54) is 0 Å². The van der Waals surface area contributed by atoms with Crippen LogP contribution in [0, 0.1) is 12.8 Å². The normalized spacial score (nSPS) is 13.8. The fraction of sp³-hybridized carbons (Fsp3) is 0.529. The summed E-state index contributed by atoms with van der Waals surface area (Å²) in [6.07, 6.45) is 3.05. The molecule has 2 rings (SSSR count). The zero-order valence-electron chi connectivity index (χ0n) is 13.5. The van der Waals surface area contributed by atoms with Crippen molar-refractivity contribution in [3.63, 3.8) is 0 Å². The van der Waals surface area contributed by atoms with E-state index in [1.807, 2.05) is 13.0 Å². The number of nitrogens with one attached hydrogen (secondary N) is 3. The molecule has 0 spiro atoms. The standard InChI is InChI=1S/C17H25N3O2/c1-11(2)8-9-18-17(22)20-15-10-13(5-4-12(15)3)16(21)19-14-6-7-14/h4-5,10-11,14H,6-9H2,1-3H3,(H,19,21)(H2,18,20,22). The number of rotatable bonds is 6. The Labute approximate surface area is 131 Å². The van der Waals surface area contributed by atoms with Crippen molar-refractivity contribution in [1.29, 1.82) is 0 Å². The van der Waals surface area contributed by atoms with Gasteiger partial charge in [-0.1, -0.05) is 19.9 Å². The largest absolute Gasteiger partial charge is 0.349 e. The van der Waals surface area contributed by atoms with Gasteiger partial charge < -0.3 is 16.0 Å². The number of aryl methyl sites for hydroxylation is 1. The van der Waals surface area contributed by atoms with Crippen molar-refractivity contribution in [1.82, 2.24) is 10.6 Å². The summed E-state index contributed by atoms with van der Waals surface area (Å²) in [6.45, 7) is 6.79. The fourth-order valence-corrected chi connectivity index (χ4v) is 2.04. The summed E-state index contributed by atoms with van der Waals surface area (Å²) < 4.78 is 0. The maximum atomic E-state index is 12.1. The number of benzene rings is 1. The van der Waals surface area contributed by atoms with Crippen LogP contribution < -0.4 is 16.0 Å². The quantitative estimate of drug-likeness (QED) is 0.756. The molecule has 0 unspecified atom stereocenters. The highest BCUT2D eigenvalue weighted by atomic mass is 16.2. The van der Waals surface area contributed by atoms with Crippen LogP contribution in [0.15, 0.2) is 18.2 Å². The van der Waals surface area contributed by atoms with Gasteiger partial charge in [0.1, 0.15) is 0 Å². The van der Waals surface area contributed by atoms with Crippen LogP contribution in [0.1, 0.15) is 49.0 Å². The van der Waals surface area contributed by atoms with Crippen molar-refractivity contribution >= 4 is 17.6 Å². The summed E-state index contributed by atoms with van der Waals surface area (Å²) in [7, 11) is 0. The Balaban J connectivity index is 1.94. The van der Waals surface area contributed by atoms with Gasteiger partial charge in [-0.05, 0) is 49.8 Å². The molecule has 1 aromatic carbocycles. The van der Waals surface area contributed by atoms with Gasteiger partial charge in [0, 0.05) is 23.8 Å². The van der Waals surface area contributed by atoms with Gasteiger partial charge in [0.2, 0.25) is 0 Å². The SMILES string of the molecule is Cc1ccc(C(=O)NC2CC2)cc1NC(=O)NCCC(C)C. The molecule has 1 aliphatic rings. The molecule has 0 aromatic heterocycles. The van der Waals surface area contributed by atoms with Gasteiger partial charge in [-0.2, -0.15) is 0 Å². The van der Waals surface area contributed by atoms with Crippen LogP contribution in [-0.2, 0) is 0 Å². The van der Waals surface area contributed by atoms with E-state index < -0.39 is 0 Å². The van der Waals surface area contributed by atoms with Crippen LogP contribution in [0.4, 0.5) is 10.5 Å². The first-order valence-corrected chi connectivity index (χ1v) is 7.92. The second kappa shape index (κ2) is 7.29. The van der Waals surface area contributed by atoms with Crippen LogP contribution >= 0.6 is 0 Å². The van der Waals surface area contributed by atoms with Gasteiger partial charge >= 0.3 is 6.03 Å². The summed E-state index contributed by atoms with van der Waals surface area (Å²) in [5, 5.41) is 8.60. The topological polar surface area (TPSA) is 70.2 Å². The molecule has 0 radical (unpaired) electrons. The molecule has 3 amide bonds. The second-order valence-electron chi connectivity index (χ2n) is 6.34. The molecule has 3 N–H and O–H groups in total. The number of carbonyl (C=O) groups excluding carboxylic acids is 2. The van der Waals surface area contributed by atoms with E-state index in [-0.39, 0.29) is 11.9 Å². The molecule has 1 fully saturated rings. The highest BCUT2D eigenvalue weighted by Crippen LogP contribution is 2.21. The molecule has 0 bridgehead atoms. The number of urea groups is 1. The first-order valence-electron chi connectivity index (χ1n) is 7.92. The van der Waals surface area contributed by atoms with E-state index in [9.17, 15) is 9.59 Å². The molecule has 1 saturated carbocycles. The number of amides is 3. The minimum Gasteiger partial charge on any atom is -0.349 e. The van der Waals surface area contributed by atoms with Gasteiger partial charge in [-0.25, -0.2) is 4.79 Å². The number of anilines is 1. The van der Waals surface area contributed by atoms with E-state index >= 15 is 0 Å². The lowest BCUT2D eigenvalue weighted by Crippen LogP contribution is -2.30. The van der Waals surface area contributed by atoms with E-state index in [4.69, 9.17) is 0 Å². The molecular weight excluding hydrogens is 278 g/mol. The van der Waals surface area contributed by atoms with Gasteiger partial charge in [0.05, 0.1) is 0 Å². The number of carbonyl (C=O) groups is 2. The Hall–Kier alpha value is -2.04. The number of hydrogen-bond acceptors (Lipinski definition) is 2. The van der Waals surface area contributed by atoms with Crippen LogP contribution in [0.3, 0.4) is 0 Å². The molecule has 120 valence electrons. The van der Waals surface area contributed by atoms with Crippen LogP contribution in [0.25, 0.3) is 0 Å². The second-order valence-corrected chi connectivity index (χ2v) is 6.34. The first kappa shape index (κ1) is 16.3. The summed E-state index contributed by atoms with van der Waals surface area (Å²) in [5.41, 5.74) is 2.18. The van der Waals surface area contributed by atoms with Crippen molar-refractivity contribution in [2.24, 2.45) is 5.92 Å². The average molecular weight is 303 g/mol. The smallest absolute Gasteiger partial charge is 0.319 e. The maximum Gasteiger partial charge on any atom is 0.319 e. The molecule has 0 atom stereocenters. The monoisotopic (exact) mass is 303 g/mol. The highest BCUT2D eigenvalue weighted by Gasteiger charge is 2.24. The molecule has 5 heteroatoms. The zero-order valence-corrected chi connectivity index (χ0v) is 13.5. The van der Waals surface area contributed by atoms with E-state index in [0.29, 0.717) is 29.8 Å². The molecule has 22 heavy (non-hydrogen) atoms. The Morgan fingerprint density at radius 1 is 1.27 bits per heavy atom. The van der Waals surface area contributed by atoms with Crippen molar-refractivity contribution < 1.29 is 9.59 Å². The summed E-state index contributed by atoms with van der Waals surface area (Å²) in [5.74, 6) is 0.474. The minimum absolute atomic E-state index is 0.0780. The summed E-state index contributed by atoms with van der Waals surface area (Å²) in [4.78, 5) is 23.9. The van der Waals surface area contributed by atoms with Gasteiger partial charge in [0.25, 0.3) is 5.91 Å².